The van der Waals surface area contributed by atoms with Crippen LogP contribution in [0.5, 0.6) is 0 Å². The van der Waals surface area contributed by atoms with Gasteiger partial charge >= 0.3 is 0 Å². The van der Waals surface area contributed by atoms with Crippen LogP contribution in [0, 0.1) is 11.3 Å². The van der Waals surface area contributed by atoms with E-state index < -0.39 is 0 Å². The molecule has 0 spiro atoms. The van der Waals surface area contributed by atoms with Crippen molar-refractivity contribution in [2.45, 2.75) is 44.8 Å². The molecule has 0 unspecified atom stereocenters. The summed E-state index contributed by atoms with van der Waals surface area (Å²) in [6.07, 6.45) is 0. The average molecular weight is 426 g/mol. The molecule has 0 radical (unpaired) electrons. The van der Waals surface area contributed by atoms with Crippen molar-refractivity contribution in [3.8, 4) is 17.5 Å². The fourth-order valence-corrected chi connectivity index (χ4v) is 4.36. The lowest BCUT2D eigenvalue weighted by atomic mass is 9.87. The first kappa shape index (κ1) is 21.1. The molecule has 3 aromatic rings. The summed E-state index contributed by atoms with van der Waals surface area (Å²) in [4.78, 5) is 12.3. The Bertz CT molecular complexity index is 1040. The number of nitrogens with zero attached hydrogens (tertiary/aromatic N) is 4. The molecule has 0 saturated heterocycles. The second kappa shape index (κ2) is 8.80. The number of thiophene rings is 1. The fourth-order valence-electron chi connectivity index (χ4n) is 2.80. The molecule has 1 aromatic carbocycles. The van der Waals surface area contributed by atoms with E-state index in [9.17, 15) is 4.79 Å². The molecule has 0 saturated carbocycles. The molecule has 6 nitrogen and oxygen atoms in total. The molecule has 0 aliphatic rings. The smallest absolute Gasteiger partial charge is 0.235 e. The number of anilines is 1. The Morgan fingerprint density at radius 1 is 1.24 bits per heavy atom. The van der Waals surface area contributed by atoms with E-state index in [1.807, 2.05) is 11.5 Å². The zero-order valence-corrected chi connectivity index (χ0v) is 18.5. The Balaban J connectivity index is 1.71. The number of hydrogen-bond acceptors (Lipinski definition) is 6. The van der Waals surface area contributed by atoms with Crippen LogP contribution in [0.15, 0.2) is 40.9 Å². The number of thioether (sulfide) groups is 1. The van der Waals surface area contributed by atoms with Crippen LogP contribution < -0.4 is 5.32 Å². The first-order chi connectivity index (χ1) is 13.8. The van der Waals surface area contributed by atoms with Crippen molar-refractivity contribution in [2.24, 2.45) is 0 Å². The van der Waals surface area contributed by atoms with Crippen molar-refractivity contribution in [1.82, 2.24) is 14.8 Å². The lowest BCUT2D eigenvalue weighted by Gasteiger charge is -2.19. The maximum atomic E-state index is 12.3. The van der Waals surface area contributed by atoms with Crippen molar-refractivity contribution in [2.75, 3.05) is 11.1 Å². The minimum Gasteiger partial charge on any atom is -0.316 e. The van der Waals surface area contributed by atoms with E-state index in [1.165, 1.54) is 28.7 Å². The average Bonchev–Trinajstić information content (AvgIpc) is 3.31. The molecule has 0 fully saturated rings. The number of carbonyl (C=O) groups excluding carboxylic acids is 1. The van der Waals surface area contributed by atoms with Crippen molar-refractivity contribution >= 4 is 34.0 Å². The lowest BCUT2D eigenvalue weighted by molar-refractivity contribution is -0.113. The zero-order valence-electron chi connectivity index (χ0n) is 16.9. The minimum atomic E-state index is -0.171. The summed E-state index contributed by atoms with van der Waals surface area (Å²) in [6, 6.07) is 12.1. The maximum Gasteiger partial charge on any atom is 0.235 e. The van der Waals surface area contributed by atoms with Crippen LogP contribution in [-0.2, 0) is 16.8 Å². The topological polar surface area (TPSA) is 83.6 Å². The molecule has 0 atom stereocenters. The van der Waals surface area contributed by atoms with Crippen LogP contribution in [-0.4, -0.2) is 26.4 Å². The highest BCUT2D eigenvalue weighted by Gasteiger charge is 2.17. The maximum absolute atomic E-state index is 12.3. The highest BCUT2D eigenvalue weighted by Crippen LogP contribution is 2.28. The van der Waals surface area contributed by atoms with E-state index in [-0.39, 0.29) is 17.1 Å². The van der Waals surface area contributed by atoms with Gasteiger partial charge in [-0.25, -0.2) is 0 Å². The van der Waals surface area contributed by atoms with Crippen LogP contribution in [0.25, 0.3) is 11.4 Å². The number of amides is 1. The van der Waals surface area contributed by atoms with Gasteiger partial charge in [-0.2, -0.15) is 5.26 Å². The highest BCUT2D eigenvalue weighted by atomic mass is 32.2. The quantitative estimate of drug-likeness (QED) is 0.566. The summed E-state index contributed by atoms with van der Waals surface area (Å²) in [5.41, 5.74) is 2.84. The van der Waals surface area contributed by atoms with Crippen molar-refractivity contribution in [1.29, 1.82) is 5.26 Å². The molecule has 8 heteroatoms. The Hall–Kier alpha value is -2.63. The van der Waals surface area contributed by atoms with Gasteiger partial charge in [-0.05, 0) is 29.3 Å². The molecule has 29 heavy (non-hydrogen) atoms. The highest BCUT2D eigenvalue weighted by molar-refractivity contribution is 7.99. The molecule has 0 aliphatic heterocycles. The Morgan fingerprint density at radius 2 is 1.97 bits per heavy atom. The molecule has 3 rings (SSSR count). The van der Waals surface area contributed by atoms with Gasteiger partial charge in [0, 0.05) is 12.1 Å². The van der Waals surface area contributed by atoms with Crippen molar-refractivity contribution < 1.29 is 4.79 Å². The number of rotatable bonds is 6. The Morgan fingerprint density at radius 3 is 2.59 bits per heavy atom. The van der Waals surface area contributed by atoms with Crippen LogP contribution >= 0.6 is 23.1 Å². The van der Waals surface area contributed by atoms with E-state index in [0.29, 0.717) is 22.3 Å². The van der Waals surface area contributed by atoms with Gasteiger partial charge in [0.1, 0.15) is 11.1 Å². The number of nitrogens with one attached hydrogen (secondary N) is 1. The number of carbonyl (C=O) groups is 1. The lowest BCUT2D eigenvalue weighted by Crippen LogP contribution is -2.14. The minimum absolute atomic E-state index is 0.0965. The van der Waals surface area contributed by atoms with Crippen LogP contribution in [0.3, 0.4) is 0 Å². The largest absolute Gasteiger partial charge is 0.316 e. The Labute approximate surface area is 179 Å². The standard InChI is InChI=1S/C21H23N5OS2/c1-5-26-18(14-6-8-16(9-7-14)21(2,3)4)24-25-20(26)29-13-17(27)23-19-15(12-22)10-11-28-19/h6-11H,5,13H2,1-4H3,(H,23,27). The van der Waals surface area contributed by atoms with E-state index in [4.69, 9.17) is 5.26 Å². The Kier molecular flexibility index (Phi) is 6.40. The van der Waals surface area contributed by atoms with E-state index in [1.54, 1.807) is 11.4 Å². The normalized spacial score (nSPS) is 11.3. The predicted molar refractivity (Wildman–Crippen MR) is 118 cm³/mol. The second-order valence-electron chi connectivity index (χ2n) is 7.49. The summed E-state index contributed by atoms with van der Waals surface area (Å²) in [5.74, 6) is 0.820. The van der Waals surface area contributed by atoms with E-state index in [0.717, 1.165) is 11.4 Å². The van der Waals surface area contributed by atoms with E-state index >= 15 is 0 Å². The van der Waals surface area contributed by atoms with Crippen molar-refractivity contribution in [3.05, 3.63) is 46.8 Å². The molecule has 2 heterocycles. The van der Waals surface area contributed by atoms with Crippen LogP contribution in [0.4, 0.5) is 5.00 Å². The van der Waals surface area contributed by atoms with Gasteiger partial charge < -0.3 is 9.88 Å². The van der Waals surface area contributed by atoms with Gasteiger partial charge in [-0.3, -0.25) is 4.79 Å². The third kappa shape index (κ3) is 4.86. The SMILES string of the molecule is CCn1c(SCC(=O)Nc2sccc2C#N)nnc1-c1ccc(C(C)(C)C)cc1. The number of hydrogen-bond donors (Lipinski definition) is 1. The number of nitriles is 1. The second-order valence-corrected chi connectivity index (χ2v) is 9.35. The molecular formula is C21H23N5OS2. The van der Waals surface area contributed by atoms with Gasteiger partial charge in [-0.15, -0.1) is 21.5 Å². The summed E-state index contributed by atoms with van der Waals surface area (Å²) in [6.45, 7) is 9.30. The molecule has 2 aromatic heterocycles. The summed E-state index contributed by atoms with van der Waals surface area (Å²) in [7, 11) is 0. The number of benzene rings is 1. The first-order valence-corrected chi connectivity index (χ1v) is 11.1. The van der Waals surface area contributed by atoms with Gasteiger partial charge in [0.05, 0.1) is 11.3 Å². The van der Waals surface area contributed by atoms with Crippen molar-refractivity contribution in [3.63, 3.8) is 0 Å². The predicted octanol–water partition coefficient (Wildman–Crippen LogP) is 4.93. The molecule has 1 N–H and O–H groups in total. The molecular weight excluding hydrogens is 402 g/mol. The fraction of sp³-hybridized carbons (Fsp3) is 0.333. The van der Waals surface area contributed by atoms with Crippen LogP contribution in [0.2, 0.25) is 0 Å². The van der Waals surface area contributed by atoms with Gasteiger partial charge in [0.25, 0.3) is 0 Å². The van der Waals surface area contributed by atoms with E-state index in [2.05, 4.69) is 66.6 Å². The van der Waals surface area contributed by atoms with Gasteiger partial charge in [0.15, 0.2) is 11.0 Å². The van der Waals surface area contributed by atoms with Gasteiger partial charge in [-0.1, -0.05) is 56.8 Å². The molecule has 1 amide bonds. The molecule has 0 bridgehead atoms. The first-order valence-electron chi connectivity index (χ1n) is 9.28. The molecule has 150 valence electrons. The summed E-state index contributed by atoms with van der Waals surface area (Å²) >= 11 is 2.68. The molecule has 0 aliphatic carbocycles. The zero-order chi connectivity index (χ0) is 21.0. The monoisotopic (exact) mass is 425 g/mol. The van der Waals surface area contributed by atoms with Crippen LogP contribution in [0.1, 0.15) is 38.8 Å². The third-order valence-electron chi connectivity index (χ3n) is 4.41. The third-order valence-corrected chi connectivity index (χ3v) is 6.21. The van der Waals surface area contributed by atoms with Gasteiger partial charge in [0.2, 0.25) is 5.91 Å². The summed E-state index contributed by atoms with van der Waals surface area (Å²) < 4.78 is 2.01. The summed E-state index contributed by atoms with van der Waals surface area (Å²) in [5, 5.41) is 23.5. The number of aromatic nitrogens is 3.